The molecule has 0 aliphatic carbocycles. The Labute approximate surface area is 143 Å². The summed E-state index contributed by atoms with van der Waals surface area (Å²) in [5.74, 6) is -0.345. The van der Waals surface area contributed by atoms with Crippen molar-refractivity contribution in [3.8, 4) is 0 Å². The van der Waals surface area contributed by atoms with Crippen LogP contribution < -0.4 is 0 Å². The predicted molar refractivity (Wildman–Crippen MR) is 92.1 cm³/mol. The van der Waals surface area contributed by atoms with Gasteiger partial charge in [-0.1, -0.05) is 60.7 Å². The van der Waals surface area contributed by atoms with Gasteiger partial charge in [-0.25, -0.2) is 4.79 Å². The highest BCUT2D eigenvalue weighted by molar-refractivity contribution is 5.76. The van der Waals surface area contributed by atoms with Crippen molar-refractivity contribution in [2.24, 2.45) is 0 Å². The maximum absolute atomic E-state index is 12.4. The van der Waals surface area contributed by atoms with Crippen molar-refractivity contribution in [1.29, 1.82) is 0 Å². The molecule has 2 aromatic carbocycles. The van der Waals surface area contributed by atoms with Gasteiger partial charge >= 0.3 is 5.97 Å². The van der Waals surface area contributed by atoms with E-state index in [-0.39, 0.29) is 17.9 Å². The Bertz CT molecular complexity index is 659. The molecule has 0 radical (unpaired) electrons. The van der Waals surface area contributed by atoms with Crippen LogP contribution in [0.15, 0.2) is 60.7 Å². The normalized spacial score (nSPS) is 24.0. The first-order chi connectivity index (χ1) is 11.7. The minimum atomic E-state index is -0.605. The molecule has 3 rings (SSSR count). The van der Waals surface area contributed by atoms with Crippen LogP contribution >= 0.6 is 0 Å². The third-order valence-corrected chi connectivity index (χ3v) is 4.43. The van der Waals surface area contributed by atoms with E-state index < -0.39 is 6.10 Å². The van der Waals surface area contributed by atoms with Crippen molar-refractivity contribution < 1.29 is 14.4 Å². The van der Waals surface area contributed by atoms with E-state index >= 15 is 0 Å². The highest BCUT2D eigenvalue weighted by Crippen LogP contribution is 2.37. The summed E-state index contributed by atoms with van der Waals surface area (Å²) in [4.78, 5) is 18.4. The van der Waals surface area contributed by atoms with Gasteiger partial charge in [-0.2, -0.15) is 5.06 Å². The molecule has 0 saturated carbocycles. The van der Waals surface area contributed by atoms with Crippen molar-refractivity contribution in [3.63, 3.8) is 0 Å². The highest BCUT2D eigenvalue weighted by Gasteiger charge is 2.46. The Morgan fingerprint density at radius 2 is 1.71 bits per heavy atom. The lowest BCUT2D eigenvalue weighted by atomic mass is 9.88. The lowest BCUT2D eigenvalue weighted by molar-refractivity contribution is -0.191. The van der Waals surface area contributed by atoms with Gasteiger partial charge in [0.15, 0.2) is 6.10 Å². The van der Waals surface area contributed by atoms with Crippen LogP contribution in [0.4, 0.5) is 0 Å². The van der Waals surface area contributed by atoms with Gasteiger partial charge in [0.1, 0.15) is 0 Å². The molecule has 1 fully saturated rings. The van der Waals surface area contributed by atoms with Gasteiger partial charge in [-0.3, -0.25) is 4.84 Å². The number of benzene rings is 2. The first-order valence-corrected chi connectivity index (χ1v) is 8.39. The zero-order valence-electron chi connectivity index (χ0n) is 14.1. The summed E-state index contributed by atoms with van der Waals surface area (Å²) in [7, 11) is 0. The van der Waals surface area contributed by atoms with E-state index in [1.165, 1.54) is 0 Å². The number of hydrogen-bond donors (Lipinski definition) is 0. The molecule has 1 saturated heterocycles. The van der Waals surface area contributed by atoms with Gasteiger partial charge in [-0.15, -0.1) is 0 Å². The first-order valence-electron chi connectivity index (χ1n) is 8.39. The Morgan fingerprint density at radius 3 is 2.33 bits per heavy atom. The number of rotatable bonds is 5. The van der Waals surface area contributed by atoms with Crippen LogP contribution in [0.1, 0.15) is 30.9 Å². The van der Waals surface area contributed by atoms with Crippen molar-refractivity contribution >= 4 is 5.97 Å². The molecule has 126 valence electrons. The standard InChI is InChI=1S/C20H23NO3/c1-3-23-20(22)19-18(17-12-8-5-9-13-17)15(2)21(24-19)14-16-10-6-4-7-11-16/h4-13,15,18-19H,3,14H2,1-2H3/t15-,18+,19-/m0/s1. The van der Waals surface area contributed by atoms with Crippen molar-refractivity contribution in [1.82, 2.24) is 5.06 Å². The quantitative estimate of drug-likeness (QED) is 0.788. The smallest absolute Gasteiger partial charge is 0.338 e. The van der Waals surface area contributed by atoms with Crippen LogP contribution in [0.2, 0.25) is 0 Å². The predicted octanol–water partition coefficient (Wildman–Crippen LogP) is 3.54. The molecule has 0 unspecified atom stereocenters. The average molecular weight is 325 g/mol. The number of hydroxylamine groups is 2. The molecule has 3 atom stereocenters. The molecule has 0 aromatic heterocycles. The number of ether oxygens (including phenoxy) is 1. The van der Waals surface area contributed by atoms with Crippen molar-refractivity contribution in [2.75, 3.05) is 6.61 Å². The van der Waals surface area contributed by atoms with Gasteiger partial charge in [0.05, 0.1) is 6.61 Å². The molecule has 4 nitrogen and oxygen atoms in total. The summed E-state index contributed by atoms with van der Waals surface area (Å²) in [6.07, 6.45) is -0.605. The molecule has 24 heavy (non-hydrogen) atoms. The maximum atomic E-state index is 12.4. The van der Waals surface area contributed by atoms with Gasteiger partial charge in [0, 0.05) is 18.5 Å². The molecule has 0 N–H and O–H groups in total. The van der Waals surface area contributed by atoms with E-state index in [0.29, 0.717) is 13.2 Å². The fourth-order valence-electron chi connectivity index (χ4n) is 3.23. The summed E-state index contributed by atoms with van der Waals surface area (Å²) in [6.45, 7) is 4.91. The maximum Gasteiger partial charge on any atom is 0.338 e. The second-order valence-electron chi connectivity index (χ2n) is 6.02. The zero-order valence-corrected chi connectivity index (χ0v) is 14.1. The largest absolute Gasteiger partial charge is 0.464 e. The molecular weight excluding hydrogens is 302 g/mol. The molecule has 1 heterocycles. The van der Waals surface area contributed by atoms with Gasteiger partial charge in [-0.05, 0) is 25.0 Å². The summed E-state index contributed by atoms with van der Waals surface area (Å²) in [5, 5.41) is 1.90. The van der Waals surface area contributed by atoms with E-state index in [0.717, 1.165) is 11.1 Å². The van der Waals surface area contributed by atoms with Crippen molar-refractivity contribution in [2.45, 2.75) is 38.5 Å². The van der Waals surface area contributed by atoms with Crippen LogP contribution in [0.5, 0.6) is 0 Å². The van der Waals surface area contributed by atoms with Crippen LogP contribution in [0.25, 0.3) is 0 Å². The fourth-order valence-corrected chi connectivity index (χ4v) is 3.23. The highest BCUT2D eigenvalue weighted by atomic mass is 16.7. The molecule has 1 aliphatic rings. The summed E-state index contributed by atoms with van der Waals surface area (Å²) < 4.78 is 5.23. The van der Waals surface area contributed by atoms with Crippen molar-refractivity contribution in [3.05, 3.63) is 71.8 Å². The average Bonchev–Trinajstić information content (AvgIpc) is 2.93. The van der Waals surface area contributed by atoms with Crippen LogP contribution in [0.3, 0.4) is 0 Å². The van der Waals surface area contributed by atoms with E-state index in [9.17, 15) is 4.79 Å². The minimum absolute atomic E-state index is 0.0473. The Morgan fingerprint density at radius 1 is 1.08 bits per heavy atom. The van der Waals surface area contributed by atoms with E-state index in [1.54, 1.807) is 0 Å². The number of hydrogen-bond acceptors (Lipinski definition) is 4. The van der Waals surface area contributed by atoms with E-state index in [2.05, 4.69) is 19.1 Å². The molecule has 2 aromatic rings. The molecular formula is C20H23NO3. The van der Waals surface area contributed by atoms with Gasteiger partial charge < -0.3 is 4.74 Å². The first kappa shape index (κ1) is 16.7. The summed E-state index contributed by atoms with van der Waals surface area (Å²) in [6, 6.07) is 20.2. The fraction of sp³-hybridized carbons (Fsp3) is 0.350. The third kappa shape index (κ3) is 3.50. The topological polar surface area (TPSA) is 38.8 Å². The SMILES string of the molecule is CCOC(=O)[C@H]1ON(Cc2ccccc2)[C@@H](C)[C@@H]1c1ccccc1. The summed E-state index contributed by atoms with van der Waals surface area (Å²) in [5.41, 5.74) is 2.25. The Balaban J connectivity index is 1.85. The molecule has 0 bridgehead atoms. The zero-order chi connectivity index (χ0) is 16.9. The number of esters is 1. The second-order valence-corrected chi connectivity index (χ2v) is 6.02. The monoisotopic (exact) mass is 325 g/mol. The van der Waals surface area contributed by atoms with Crippen LogP contribution in [-0.2, 0) is 20.9 Å². The molecule has 0 amide bonds. The lowest BCUT2D eigenvalue weighted by Gasteiger charge is -2.22. The molecule has 4 heteroatoms. The Kier molecular flexibility index (Phi) is 5.28. The number of nitrogens with zero attached hydrogens (tertiary/aromatic N) is 1. The van der Waals surface area contributed by atoms with Gasteiger partial charge in [0.2, 0.25) is 0 Å². The Hall–Kier alpha value is -2.17. The van der Waals surface area contributed by atoms with Gasteiger partial charge in [0.25, 0.3) is 0 Å². The lowest BCUT2D eigenvalue weighted by Crippen LogP contribution is -2.30. The number of carbonyl (C=O) groups excluding carboxylic acids is 1. The minimum Gasteiger partial charge on any atom is -0.464 e. The number of carbonyl (C=O) groups is 1. The van der Waals surface area contributed by atoms with Crippen LogP contribution in [0, 0.1) is 0 Å². The summed E-state index contributed by atoms with van der Waals surface area (Å²) >= 11 is 0. The molecule has 1 aliphatic heterocycles. The third-order valence-electron chi connectivity index (χ3n) is 4.43. The van der Waals surface area contributed by atoms with E-state index in [4.69, 9.17) is 9.57 Å². The van der Waals surface area contributed by atoms with E-state index in [1.807, 2.05) is 60.5 Å². The molecule has 0 spiro atoms. The van der Waals surface area contributed by atoms with Crippen LogP contribution in [-0.4, -0.2) is 29.8 Å². The second kappa shape index (κ2) is 7.60.